The van der Waals surface area contributed by atoms with E-state index in [4.69, 9.17) is 5.11 Å². The van der Waals surface area contributed by atoms with Gasteiger partial charge < -0.3 is 19.9 Å². The van der Waals surface area contributed by atoms with Crippen molar-refractivity contribution in [3.05, 3.63) is 42.1 Å². The Bertz CT molecular complexity index is 845. The first kappa shape index (κ1) is 16.6. The Hall–Kier alpha value is -2.90. The number of carbonyl (C=O) groups is 2. The van der Waals surface area contributed by atoms with Gasteiger partial charge in [0.1, 0.15) is 5.82 Å². The lowest BCUT2D eigenvalue weighted by Crippen LogP contribution is -2.49. The zero-order valence-electron chi connectivity index (χ0n) is 14.5. The van der Waals surface area contributed by atoms with Crippen LogP contribution in [-0.2, 0) is 11.8 Å². The van der Waals surface area contributed by atoms with Crippen LogP contribution in [0.1, 0.15) is 47.9 Å². The predicted octanol–water partition coefficient (Wildman–Crippen LogP) is 1.82. The molecule has 26 heavy (non-hydrogen) atoms. The smallest absolute Gasteiger partial charge is 0.354 e. The number of aromatic nitrogens is 3. The number of aryl methyl sites for hydroxylation is 1. The average molecular weight is 355 g/mol. The van der Waals surface area contributed by atoms with E-state index >= 15 is 0 Å². The lowest BCUT2D eigenvalue weighted by atomic mass is 9.92. The minimum atomic E-state index is -1.06. The molecule has 8 nitrogen and oxygen atoms in total. The Kier molecular flexibility index (Phi) is 4.10. The Labute approximate surface area is 150 Å². The van der Waals surface area contributed by atoms with E-state index in [9.17, 15) is 9.59 Å². The first-order chi connectivity index (χ1) is 12.5. The van der Waals surface area contributed by atoms with Crippen LogP contribution >= 0.6 is 0 Å². The van der Waals surface area contributed by atoms with Crippen LogP contribution in [0.15, 0.2) is 30.7 Å². The van der Waals surface area contributed by atoms with E-state index in [0.29, 0.717) is 18.7 Å². The SMILES string of the molecule is Cn1cncc1[C@H]1[C@H](Nc2cccc(C(=O)O)n2)CCC(=O)N1C1CC1. The van der Waals surface area contributed by atoms with E-state index in [0.717, 1.165) is 18.5 Å². The third kappa shape index (κ3) is 3.02. The molecule has 1 aliphatic carbocycles. The number of hydrogen-bond donors (Lipinski definition) is 2. The van der Waals surface area contributed by atoms with Gasteiger partial charge in [0.25, 0.3) is 0 Å². The van der Waals surface area contributed by atoms with Crippen LogP contribution < -0.4 is 5.32 Å². The Morgan fingerprint density at radius 3 is 2.77 bits per heavy atom. The molecule has 0 radical (unpaired) electrons. The number of nitrogens with zero attached hydrogens (tertiary/aromatic N) is 4. The number of pyridine rings is 1. The fourth-order valence-electron chi connectivity index (χ4n) is 3.67. The van der Waals surface area contributed by atoms with Crippen molar-refractivity contribution >= 4 is 17.7 Å². The van der Waals surface area contributed by atoms with Gasteiger partial charge in [-0.3, -0.25) is 4.79 Å². The fraction of sp³-hybridized carbons (Fsp3) is 0.444. The summed E-state index contributed by atoms with van der Waals surface area (Å²) in [7, 11) is 1.92. The number of carboxylic acids is 1. The highest BCUT2D eigenvalue weighted by atomic mass is 16.4. The molecule has 2 atom stereocenters. The number of anilines is 1. The third-order valence-corrected chi connectivity index (χ3v) is 5.04. The molecule has 1 saturated carbocycles. The van der Waals surface area contributed by atoms with Crippen LogP contribution in [0, 0.1) is 0 Å². The van der Waals surface area contributed by atoms with Gasteiger partial charge >= 0.3 is 5.97 Å². The standard InChI is InChI=1S/C18H21N5O3/c1-22-10-19-9-14(22)17-12(7-8-16(24)23(17)11-5-6-11)20-15-4-2-3-13(21-15)18(25)26/h2-4,9-12,17H,5-8H2,1H3,(H,20,21)(H,25,26)/t12-,17-/m1/s1. The molecule has 0 unspecified atom stereocenters. The molecule has 2 N–H and O–H groups in total. The summed E-state index contributed by atoms with van der Waals surface area (Å²) >= 11 is 0. The molecule has 4 rings (SSSR count). The summed E-state index contributed by atoms with van der Waals surface area (Å²) in [6.07, 6.45) is 6.73. The van der Waals surface area contributed by atoms with Gasteiger partial charge in [-0.1, -0.05) is 6.07 Å². The van der Waals surface area contributed by atoms with Crippen LogP contribution in [0.2, 0.25) is 0 Å². The summed E-state index contributed by atoms with van der Waals surface area (Å²) in [4.78, 5) is 34.2. The first-order valence-electron chi connectivity index (χ1n) is 8.79. The summed E-state index contributed by atoms with van der Waals surface area (Å²) in [5.74, 6) is -0.383. The minimum Gasteiger partial charge on any atom is -0.477 e. The number of likely N-dealkylation sites (tertiary alicyclic amines) is 1. The largest absolute Gasteiger partial charge is 0.477 e. The van der Waals surface area contributed by atoms with E-state index < -0.39 is 5.97 Å². The molecule has 1 aliphatic heterocycles. The lowest BCUT2D eigenvalue weighted by Gasteiger charge is -2.42. The monoisotopic (exact) mass is 355 g/mol. The lowest BCUT2D eigenvalue weighted by molar-refractivity contribution is -0.138. The maximum absolute atomic E-state index is 12.6. The second-order valence-electron chi connectivity index (χ2n) is 6.91. The molecule has 136 valence electrons. The van der Waals surface area contributed by atoms with Crippen LogP contribution in [0.5, 0.6) is 0 Å². The van der Waals surface area contributed by atoms with Crippen molar-refractivity contribution < 1.29 is 14.7 Å². The van der Waals surface area contributed by atoms with E-state index in [-0.39, 0.29) is 29.7 Å². The number of piperidine rings is 1. The van der Waals surface area contributed by atoms with Gasteiger partial charge in [-0.15, -0.1) is 0 Å². The third-order valence-electron chi connectivity index (χ3n) is 5.04. The van der Waals surface area contributed by atoms with E-state index in [1.807, 2.05) is 16.5 Å². The highest BCUT2D eigenvalue weighted by Gasteiger charge is 2.45. The molecule has 2 fully saturated rings. The van der Waals surface area contributed by atoms with Gasteiger partial charge in [-0.25, -0.2) is 14.8 Å². The van der Waals surface area contributed by atoms with Crippen molar-refractivity contribution in [1.82, 2.24) is 19.4 Å². The molecular formula is C18H21N5O3. The minimum absolute atomic E-state index is 0.00184. The van der Waals surface area contributed by atoms with E-state index in [1.165, 1.54) is 6.07 Å². The Morgan fingerprint density at radius 2 is 2.12 bits per heavy atom. The molecule has 2 aromatic rings. The summed E-state index contributed by atoms with van der Waals surface area (Å²) in [6.45, 7) is 0. The van der Waals surface area contributed by atoms with Gasteiger partial charge in [-0.2, -0.15) is 0 Å². The van der Waals surface area contributed by atoms with Crippen LogP contribution in [0.25, 0.3) is 0 Å². The average Bonchev–Trinajstić information content (AvgIpc) is 3.37. The zero-order valence-corrected chi connectivity index (χ0v) is 14.5. The molecule has 8 heteroatoms. The molecule has 0 spiro atoms. The number of rotatable bonds is 5. The Morgan fingerprint density at radius 1 is 1.31 bits per heavy atom. The highest BCUT2D eigenvalue weighted by molar-refractivity contribution is 5.85. The predicted molar refractivity (Wildman–Crippen MR) is 93.7 cm³/mol. The van der Waals surface area contributed by atoms with E-state index in [2.05, 4.69) is 15.3 Å². The summed E-state index contributed by atoms with van der Waals surface area (Å²) < 4.78 is 1.94. The van der Waals surface area contributed by atoms with Gasteiger partial charge in [0.2, 0.25) is 5.91 Å². The molecule has 1 saturated heterocycles. The number of aromatic carboxylic acids is 1. The molecule has 3 heterocycles. The van der Waals surface area contributed by atoms with Crippen molar-refractivity contribution in [3.8, 4) is 0 Å². The second kappa shape index (κ2) is 6.44. The van der Waals surface area contributed by atoms with Crippen molar-refractivity contribution in [1.29, 1.82) is 0 Å². The fourth-order valence-corrected chi connectivity index (χ4v) is 3.67. The normalized spacial score (nSPS) is 23.1. The van der Waals surface area contributed by atoms with Gasteiger partial charge in [-0.05, 0) is 31.4 Å². The maximum atomic E-state index is 12.6. The number of nitrogens with one attached hydrogen (secondary N) is 1. The number of hydrogen-bond acceptors (Lipinski definition) is 5. The topological polar surface area (TPSA) is 100 Å². The number of imidazole rings is 1. The molecule has 2 aliphatic rings. The van der Waals surface area contributed by atoms with Crippen molar-refractivity contribution in [2.24, 2.45) is 7.05 Å². The molecule has 2 aromatic heterocycles. The summed E-state index contributed by atoms with van der Waals surface area (Å²) in [5.41, 5.74) is 0.967. The number of carbonyl (C=O) groups excluding carboxylic acids is 1. The zero-order chi connectivity index (χ0) is 18.3. The van der Waals surface area contributed by atoms with Crippen molar-refractivity contribution in [2.75, 3.05) is 5.32 Å². The molecular weight excluding hydrogens is 334 g/mol. The number of amides is 1. The Balaban J connectivity index is 1.67. The van der Waals surface area contributed by atoms with Crippen LogP contribution in [0.4, 0.5) is 5.82 Å². The molecule has 1 amide bonds. The number of carboxylic acid groups (broad SMARTS) is 1. The molecule has 0 bridgehead atoms. The van der Waals surface area contributed by atoms with Crippen LogP contribution in [0.3, 0.4) is 0 Å². The van der Waals surface area contributed by atoms with Crippen molar-refractivity contribution in [3.63, 3.8) is 0 Å². The first-order valence-corrected chi connectivity index (χ1v) is 8.79. The van der Waals surface area contributed by atoms with Crippen molar-refractivity contribution in [2.45, 2.75) is 43.8 Å². The highest BCUT2D eigenvalue weighted by Crippen LogP contribution is 2.41. The van der Waals surface area contributed by atoms with E-state index in [1.54, 1.807) is 24.7 Å². The quantitative estimate of drug-likeness (QED) is 0.848. The maximum Gasteiger partial charge on any atom is 0.354 e. The van der Waals surface area contributed by atoms with Gasteiger partial charge in [0, 0.05) is 19.5 Å². The second-order valence-corrected chi connectivity index (χ2v) is 6.91. The summed E-state index contributed by atoms with van der Waals surface area (Å²) in [5, 5.41) is 12.5. The van der Waals surface area contributed by atoms with Gasteiger partial charge in [0.05, 0.1) is 30.3 Å². The van der Waals surface area contributed by atoms with Crippen LogP contribution in [-0.4, -0.2) is 48.5 Å². The molecule has 0 aromatic carbocycles. The summed E-state index contributed by atoms with van der Waals surface area (Å²) in [6, 6.07) is 4.97. The van der Waals surface area contributed by atoms with Gasteiger partial charge in [0.15, 0.2) is 5.69 Å².